The Morgan fingerprint density at radius 3 is 2.38 bits per heavy atom. The van der Waals surface area contributed by atoms with Gasteiger partial charge >= 0.3 is 5.97 Å². The quantitative estimate of drug-likeness (QED) is 0.609. The fourth-order valence-corrected chi connectivity index (χ4v) is 2.23. The lowest BCUT2D eigenvalue weighted by molar-refractivity contribution is 0.0691. The van der Waals surface area contributed by atoms with Gasteiger partial charge in [-0.15, -0.1) is 0 Å². The molecule has 0 saturated carbocycles. The number of ether oxygens (including phenoxy) is 2. The number of hydrogen-bond donors (Lipinski definition) is 1. The van der Waals surface area contributed by atoms with Gasteiger partial charge in [0.1, 0.15) is 5.56 Å². The highest BCUT2D eigenvalue weighted by atomic mass is 16.5. The van der Waals surface area contributed by atoms with Gasteiger partial charge in [-0.05, 0) is 18.6 Å². The van der Waals surface area contributed by atoms with Gasteiger partial charge in [0, 0.05) is 0 Å². The van der Waals surface area contributed by atoms with Crippen molar-refractivity contribution in [1.29, 1.82) is 0 Å². The minimum atomic E-state index is -0.997. The Morgan fingerprint density at radius 1 is 1.10 bits per heavy atom. The van der Waals surface area contributed by atoms with Gasteiger partial charge < -0.3 is 14.6 Å². The van der Waals surface area contributed by atoms with Crippen LogP contribution in [0.1, 0.15) is 62.2 Å². The maximum absolute atomic E-state index is 11.2. The van der Waals surface area contributed by atoms with Crippen LogP contribution in [0.25, 0.3) is 0 Å². The minimum Gasteiger partial charge on any atom is -0.493 e. The van der Waals surface area contributed by atoms with Crippen LogP contribution in [-0.4, -0.2) is 24.8 Å². The second-order valence-corrected chi connectivity index (χ2v) is 5.11. The van der Waals surface area contributed by atoms with Crippen LogP contribution >= 0.6 is 0 Å². The topological polar surface area (TPSA) is 55.8 Å². The average molecular weight is 294 g/mol. The number of rotatable bonds is 11. The summed E-state index contributed by atoms with van der Waals surface area (Å²) in [6.07, 6.45) is 8.38. The molecule has 0 spiro atoms. The minimum absolute atomic E-state index is 0.150. The summed E-state index contributed by atoms with van der Waals surface area (Å²) in [6, 6.07) is 4.90. The molecule has 0 bridgehead atoms. The largest absolute Gasteiger partial charge is 0.493 e. The number of benzene rings is 1. The van der Waals surface area contributed by atoms with Gasteiger partial charge in [-0.2, -0.15) is 0 Å². The maximum atomic E-state index is 11.2. The molecule has 1 N–H and O–H groups in total. The number of unbranched alkanes of at least 4 members (excludes halogenated alkanes) is 6. The van der Waals surface area contributed by atoms with Gasteiger partial charge in [-0.3, -0.25) is 0 Å². The number of carboxylic acid groups (broad SMARTS) is 1. The highest BCUT2D eigenvalue weighted by Gasteiger charge is 2.15. The van der Waals surface area contributed by atoms with E-state index in [1.165, 1.54) is 45.3 Å². The fourth-order valence-electron chi connectivity index (χ4n) is 2.23. The van der Waals surface area contributed by atoms with Crippen LogP contribution in [0.3, 0.4) is 0 Å². The second-order valence-electron chi connectivity index (χ2n) is 5.11. The summed E-state index contributed by atoms with van der Waals surface area (Å²) in [4.78, 5) is 11.2. The van der Waals surface area contributed by atoms with Crippen molar-refractivity contribution in [3.8, 4) is 11.5 Å². The SMILES string of the molecule is CCCCCCCCCOc1c(OC)cccc1C(=O)O. The molecule has 0 unspecified atom stereocenters. The Hall–Kier alpha value is -1.71. The summed E-state index contributed by atoms with van der Waals surface area (Å²) in [5.74, 6) is -0.195. The predicted molar refractivity (Wildman–Crippen MR) is 83.4 cm³/mol. The van der Waals surface area contributed by atoms with E-state index in [1.54, 1.807) is 12.1 Å². The third-order valence-corrected chi connectivity index (χ3v) is 3.42. The molecule has 4 heteroatoms. The first-order valence-electron chi connectivity index (χ1n) is 7.73. The maximum Gasteiger partial charge on any atom is 0.339 e. The number of methoxy groups -OCH3 is 1. The molecule has 0 aliphatic heterocycles. The lowest BCUT2D eigenvalue weighted by atomic mass is 10.1. The van der Waals surface area contributed by atoms with E-state index < -0.39 is 5.97 Å². The third kappa shape index (κ3) is 6.06. The van der Waals surface area contributed by atoms with Crippen molar-refractivity contribution in [3.05, 3.63) is 23.8 Å². The molecular weight excluding hydrogens is 268 g/mol. The van der Waals surface area contributed by atoms with Gasteiger partial charge in [0.05, 0.1) is 13.7 Å². The molecule has 0 fully saturated rings. The number of aromatic carboxylic acids is 1. The predicted octanol–water partition coefficient (Wildman–Crippen LogP) is 4.52. The van der Waals surface area contributed by atoms with Crippen LogP contribution in [0, 0.1) is 0 Å². The molecule has 0 saturated heterocycles. The van der Waals surface area contributed by atoms with Crippen molar-refractivity contribution in [2.75, 3.05) is 13.7 Å². The molecule has 1 aromatic rings. The Labute approximate surface area is 127 Å². The standard InChI is InChI=1S/C17H26O4/c1-3-4-5-6-7-8-9-13-21-16-14(17(18)19)11-10-12-15(16)20-2/h10-12H,3-9,13H2,1-2H3,(H,18,19). The van der Waals surface area contributed by atoms with Gasteiger partial charge in [0.25, 0.3) is 0 Å². The smallest absolute Gasteiger partial charge is 0.339 e. The van der Waals surface area contributed by atoms with E-state index >= 15 is 0 Å². The molecule has 1 rings (SSSR count). The highest BCUT2D eigenvalue weighted by Crippen LogP contribution is 2.31. The fraction of sp³-hybridized carbons (Fsp3) is 0.588. The van der Waals surface area contributed by atoms with Crippen molar-refractivity contribution < 1.29 is 19.4 Å². The lowest BCUT2D eigenvalue weighted by Crippen LogP contribution is -2.06. The lowest BCUT2D eigenvalue weighted by Gasteiger charge is -2.13. The molecule has 0 heterocycles. The van der Waals surface area contributed by atoms with Gasteiger partial charge in [-0.25, -0.2) is 4.79 Å². The van der Waals surface area contributed by atoms with E-state index in [4.69, 9.17) is 9.47 Å². The van der Waals surface area contributed by atoms with E-state index in [0.717, 1.165) is 12.8 Å². The summed E-state index contributed by atoms with van der Waals surface area (Å²) in [7, 11) is 1.52. The average Bonchev–Trinajstić information content (AvgIpc) is 2.49. The van der Waals surface area contributed by atoms with Crippen LogP contribution in [0.15, 0.2) is 18.2 Å². The molecule has 0 aromatic heterocycles. The highest BCUT2D eigenvalue weighted by molar-refractivity contribution is 5.92. The Bertz CT molecular complexity index is 429. The van der Waals surface area contributed by atoms with Crippen molar-refractivity contribution in [1.82, 2.24) is 0 Å². The van der Waals surface area contributed by atoms with Crippen LogP contribution in [0.4, 0.5) is 0 Å². The first-order valence-corrected chi connectivity index (χ1v) is 7.73. The zero-order chi connectivity index (χ0) is 15.5. The van der Waals surface area contributed by atoms with E-state index in [0.29, 0.717) is 18.1 Å². The Balaban J connectivity index is 2.39. The summed E-state index contributed by atoms with van der Waals surface area (Å²) in [6.45, 7) is 2.73. The van der Waals surface area contributed by atoms with Crippen molar-refractivity contribution in [2.45, 2.75) is 51.9 Å². The Morgan fingerprint density at radius 2 is 1.76 bits per heavy atom. The first-order chi connectivity index (χ1) is 10.2. The zero-order valence-corrected chi connectivity index (χ0v) is 13.1. The normalized spacial score (nSPS) is 10.4. The first kappa shape index (κ1) is 17.3. The summed E-state index contributed by atoms with van der Waals surface area (Å²) in [5.41, 5.74) is 0.150. The van der Waals surface area contributed by atoms with Crippen LogP contribution in [0.5, 0.6) is 11.5 Å². The van der Waals surface area contributed by atoms with Crippen LogP contribution in [-0.2, 0) is 0 Å². The monoisotopic (exact) mass is 294 g/mol. The van der Waals surface area contributed by atoms with E-state index in [-0.39, 0.29) is 5.56 Å². The van der Waals surface area contributed by atoms with E-state index in [1.807, 2.05) is 0 Å². The van der Waals surface area contributed by atoms with Crippen LogP contribution in [0.2, 0.25) is 0 Å². The molecule has 118 valence electrons. The number of carboxylic acids is 1. The van der Waals surface area contributed by atoms with Crippen molar-refractivity contribution in [2.24, 2.45) is 0 Å². The number of hydrogen-bond acceptors (Lipinski definition) is 3. The summed E-state index contributed by atoms with van der Waals surface area (Å²) >= 11 is 0. The van der Waals surface area contributed by atoms with Gasteiger partial charge in [-0.1, -0.05) is 51.5 Å². The zero-order valence-electron chi connectivity index (χ0n) is 13.1. The molecule has 21 heavy (non-hydrogen) atoms. The van der Waals surface area contributed by atoms with Gasteiger partial charge in [0.2, 0.25) is 0 Å². The summed E-state index contributed by atoms with van der Waals surface area (Å²) in [5, 5.41) is 9.17. The second kappa shape index (κ2) is 10.1. The number of para-hydroxylation sites is 1. The molecule has 4 nitrogen and oxygen atoms in total. The molecule has 1 aromatic carbocycles. The third-order valence-electron chi connectivity index (χ3n) is 3.42. The Kier molecular flexibility index (Phi) is 8.32. The van der Waals surface area contributed by atoms with Crippen LogP contribution < -0.4 is 9.47 Å². The molecule has 0 amide bonds. The molecule has 0 aliphatic carbocycles. The molecule has 0 radical (unpaired) electrons. The van der Waals surface area contributed by atoms with Crippen molar-refractivity contribution >= 4 is 5.97 Å². The van der Waals surface area contributed by atoms with E-state index in [2.05, 4.69) is 6.92 Å². The van der Waals surface area contributed by atoms with E-state index in [9.17, 15) is 9.90 Å². The van der Waals surface area contributed by atoms with Crippen molar-refractivity contribution in [3.63, 3.8) is 0 Å². The number of carbonyl (C=O) groups is 1. The molecule has 0 atom stereocenters. The molecular formula is C17H26O4. The molecule has 0 aliphatic rings. The summed E-state index contributed by atoms with van der Waals surface area (Å²) < 4.78 is 10.8. The van der Waals surface area contributed by atoms with Gasteiger partial charge in [0.15, 0.2) is 11.5 Å².